The Morgan fingerprint density at radius 2 is 1.57 bits per heavy atom. The Morgan fingerprint density at radius 3 is 2.24 bits per heavy atom. The van der Waals surface area contributed by atoms with Gasteiger partial charge in [0.2, 0.25) is 0 Å². The minimum atomic E-state index is -0.296. The number of H-pyrrole nitrogens is 2. The quantitative estimate of drug-likeness (QED) is 0.500. The van der Waals surface area contributed by atoms with Gasteiger partial charge in [-0.1, -0.05) is 53.9 Å². The number of rotatable bonds is 2. The van der Waals surface area contributed by atoms with Crippen molar-refractivity contribution in [3.05, 3.63) is 66.7 Å². The Labute approximate surface area is 144 Å². The van der Waals surface area contributed by atoms with Crippen LogP contribution in [0.5, 0.6) is 0 Å². The number of imidazole rings is 1. The third kappa shape index (κ3) is 2.86. The van der Waals surface area contributed by atoms with Crippen LogP contribution in [0.15, 0.2) is 44.1 Å². The van der Waals surface area contributed by atoms with Gasteiger partial charge in [0.05, 0.1) is 15.9 Å². The molecule has 0 aliphatic carbocycles. The highest BCUT2D eigenvalue weighted by atomic mass is 79.9. The zero-order valence-electron chi connectivity index (χ0n) is 10.4. The second kappa shape index (κ2) is 5.70. The molecular formula is C14H8Br3FN2O. The molecule has 7 heteroatoms. The topological polar surface area (TPSA) is 48.6 Å². The van der Waals surface area contributed by atoms with Crippen molar-refractivity contribution in [1.82, 2.24) is 9.97 Å². The van der Waals surface area contributed by atoms with Gasteiger partial charge < -0.3 is 9.97 Å². The molecule has 1 heterocycles. The lowest BCUT2D eigenvalue weighted by atomic mass is 10.0. The van der Waals surface area contributed by atoms with Gasteiger partial charge in [-0.05, 0) is 35.4 Å². The zero-order chi connectivity index (χ0) is 15.1. The first kappa shape index (κ1) is 15.0. The number of nitrogens with one attached hydrogen (secondary N) is 2. The van der Waals surface area contributed by atoms with E-state index in [1.165, 1.54) is 12.1 Å². The highest BCUT2D eigenvalue weighted by Crippen LogP contribution is 2.39. The fraction of sp³-hybridized carbons (Fsp3) is 0.0714. The standard InChI is InChI=1S/C14H8Br3FN2O/c15-9-3-6(18)1-2-7(9)13(17)8-4-11-12(5-10(8)16)20-14(21)19-11/h1-5,13H,(H2,19,20,21). The van der Waals surface area contributed by atoms with Crippen molar-refractivity contribution >= 4 is 58.8 Å². The van der Waals surface area contributed by atoms with Crippen LogP contribution in [0, 0.1) is 5.82 Å². The van der Waals surface area contributed by atoms with Gasteiger partial charge in [0.15, 0.2) is 0 Å². The normalized spacial score (nSPS) is 12.8. The van der Waals surface area contributed by atoms with Crippen LogP contribution in [0.4, 0.5) is 4.39 Å². The van der Waals surface area contributed by atoms with Gasteiger partial charge in [0.1, 0.15) is 5.82 Å². The first-order valence-electron chi connectivity index (χ1n) is 5.96. The van der Waals surface area contributed by atoms with E-state index in [4.69, 9.17) is 0 Å². The highest BCUT2D eigenvalue weighted by Gasteiger charge is 2.18. The molecule has 0 amide bonds. The Balaban J connectivity index is 2.14. The molecule has 0 saturated carbocycles. The summed E-state index contributed by atoms with van der Waals surface area (Å²) >= 11 is 10.5. The van der Waals surface area contributed by atoms with Gasteiger partial charge in [0, 0.05) is 8.95 Å². The molecule has 1 unspecified atom stereocenters. The molecule has 0 bridgehead atoms. The molecule has 21 heavy (non-hydrogen) atoms. The van der Waals surface area contributed by atoms with Gasteiger partial charge in [-0.25, -0.2) is 9.18 Å². The number of benzene rings is 2. The predicted octanol–water partition coefficient (Wildman–Crippen LogP) is 5.00. The third-order valence-electron chi connectivity index (χ3n) is 3.14. The van der Waals surface area contributed by atoms with Crippen molar-refractivity contribution < 1.29 is 4.39 Å². The smallest absolute Gasteiger partial charge is 0.306 e. The van der Waals surface area contributed by atoms with Crippen molar-refractivity contribution in [2.45, 2.75) is 4.83 Å². The molecular weight excluding hydrogens is 471 g/mol. The Hall–Kier alpha value is -0.920. The first-order chi connectivity index (χ1) is 9.95. The summed E-state index contributed by atoms with van der Waals surface area (Å²) in [6, 6.07) is 8.28. The van der Waals surface area contributed by atoms with Crippen LogP contribution in [-0.2, 0) is 0 Å². The molecule has 0 aliphatic heterocycles. The summed E-state index contributed by atoms with van der Waals surface area (Å²) in [7, 11) is 0. The predicted molar refractivity (Wildman–Crippen MR) is 91.5 cm³/mol. The molecule has 1 aromatic heterocycles. The maximum Gasteiger partial charge on any atom is 0.323 e. The maximum absolute atomic E-state index is 13.2. The van der Waals surface area contributed by atoms with Crippen LogP contribution in [0.2, 0.25) is 0 Å². The average Bonchev–Trinajstić information content (AvgIpc) is 2.76. The summed E-state index contributed by atoms with van der Waals surface area (Å²) in [6.45, 7) is 0. The van der Waals surface area contributed by atoms with E-state index in [9.17, 15) is 9.18 Å². The van der Waals surface area contributed by atoms with Crippen LogP contribution in [0.25, 0.3) is 11.0 Å². The lowest BCUT2D eigenvalue weighted by molar-refractivity contribution is 0.626. The average molecular weight is 479 g/mol. The second-order valence-electron chi connectivity index (χ2n) is 4.53. The van der Waals surface area contributed by atoms with E-state index >= 15 is 0 Å². The monoisotopic (exact) mass is 476 g/mol. The number of aromatic nitrogens is 2. The van der Waals surface area contributed by atoms with Gasteiger partial charge >= 0.3 is 5.69 Å². The van der Waals surface area contributed by atoms with Gasteiger partial charge in [-0.15, -0.1) is 0 Å². The fourth-order valence-electron chi connectivity index (χ4n) is 2.14. The van der Waals surface area contributed by atoms with Gasteiger partial charge in [-0.2, -0.15) is 0 Å². The number of halogens is 4. The Morgan fingerprint density at radius 1 is 0.952 bits per heavy atom. The highest BCUT2D eigenvalue weighted by molar-refractivity contribution is 9.11. The first-order valence-corrected chi connectivity index (χ1v) is 8.46. The summed E-state index contributed by atoms with van der Waals surface area (Å²) < 4.78 is 14.7. The molecule has 0 saturated heterocycles. The van der Waals surface area contributed by atoms with Crippen molar-refractivity contribution in [2.24, 2.45) is 0 Å². The number of hydrogen-bond acceptors (Lipinski definition) is 1. The van der Waals surface area contributed by atoms with Crippen LogP contribution in [0.3, 0.4) is 0 Å². The third-order valence-corrected chi connectivity index (χ3v) is 5.50. The molecule has 2 N–H and O–H groups in total. The number of fused-ring (bicyclic) bond motifs is 1. The van der Waals surface area contributed by atoms with Crippen molar-refractivity contribution in [1.29, 1.82) is 0 Å². The van der Waals surface area contributed by atoms with Crippen LogP contribution < -0.4 is 5.69 Å². The summed E-state index contributed by atoms with van der Waals surface area (Å²) in [5, 5.41) is 0. The fourth-order valence-corrected chi connectivity index (χ4v) is 4.69. The molecule has 0 fully saturated rings. The van der Waals surface area contributed by atoms with E-state index < -0.39 is 0 Å². The van der Waals surface area contributed by atoms with Gasteiger partial charge in [-0.3, -0.25) is 0 Å². The minimum absolute atomic E-state index is 0.148. The molecule has 0 radical (unpaired) electrons. The molecule has 1 atom stereocenters. The summed E-state index contributed by atoms with van der Waals surface area (Å²) in [5.41, 5.74) is 3.04. The molecule has 3 rings (SSSR count). The second-order valence-corrected chi connectivity index (χ2v) is 7.15. The largest absolute Gasteiger partial charge is 0.323 e. The number of aromatic amines is 2. The number of alkyl halides is 1. The molecule has 0 spiro atoms. The summed E-state index contributed by atoms with van der Waals surface area (Å²) in [4.78, 5) is 16.6. The van der Waals surface area contributed by atoms with E-state index in [0.29, 0.717) is 4.47 Å². The molecule has 108 valence electrons. The zero-order valence-corrected chi connectivity index (χ0v) is 15.1. The maximum atomic E-state index is 13.2. The van der Waals surface area contributed by atoms with Crippen molar-refractivity contribution in [2.75, 3.05) is 0 Å². The molecule has 2 aromatic carbocycles. The van der Waals surface area contributed by atoms with E-state index in [2.05, 4.69) is 57.8 Å². The van der Waals surface area contributed by atoms with E-state index in [1.807, 2.05) is 12.1 Å². The SMILES string of the molecule is O=c1[nH]c2cc(Br)c(C(Br)c3ccc(F)cc3Br)cc2[nH]1. The van der Waals surface area contributed by atoms with Crippen LogP contribution >= 0.6 is 47.8 Å². The van der Waals surface area contributed by atoms with Crippen LogP contribution in [-0.4, -0.2) is 9.97 Å². The summed E-state index contributed by atoms with van der Waals surface area (Å²) in [5.74, 6) is -0.296. The Kier molecular flexibility index (Phi) is 4.07. The molecule has 3 aromatic rings. The van der Waals surface area contributed by atoms with Gasteiger partial charge in [0.25, 0.3) is 0 Å². The van der Waals surface area contributed by atoms with E-state index in [-0.39, 0.29) is 16.3 Å². The van der Waals surface area contributed by atoms with Crippen molar-refractivity contribution in [3.63, 3.8) is 0 Å². The number of hydrogen-bond donors (Lipinski definition) is 2. The lowest BCUT2D eigenvalue weighted by Gasteiger charge is -2.14. The van der Waals surface area contributed by atoms with E-state index in [0.717, 1.165) is 26.6 Å². The van der Waals surface area contributed by atoms with Crippen molar-refractivity contribution in [3.8, 4) is 0 Å². The molecule has 0 aliphatic rings. The minimum Gasteiger partial charge on any atom is -0.306 e. The molecule has 3 nitrogen and oxygen atoms in total. The Bertz CT molecular complexity index is 888. The van der Waals surface area contributed by atoms with Crippen LogP contribution in [0.1, 0.15) is 16.0 Å². The lowest BCUT2D eigenvalue weighted by Crippen LogP contribution is -1.99. The van der Waals surface area contributed by atoms with E-state index in [1.54, 1.807) is 6.07 Å². The summed E-state index contributed by atoms with van der Waals surface area (Å²) in [6.07, 6.45) is 0.